The van der Waals surface area contributed by atoms with E-state index in [9.17, 15) is 0 Å². The van der Waals surface area contributed by atoms with Crippen molar-refractivity contribution >= 4 is 0 Å². The fourth-order valence-electron chi connectivity index (χ4n) is 2.61. The number of hydrogen-bond donors (Lipinski definition) is 0. The molecule has 1 atom stereocenters. The SMILES string of the molecule is CN(C)CC(Oc1ccccc1-c1ncn(-c2ccccc2)n1)N(C)C. The van der Waals surface area contributed by atoms with Crippen molar-refractivity contribution in [1.82, 2.24) is 24.6 Å². The fraction of sp³-hybridized carbons (Fsp3) is 0.300. The van der Waals surface area contributed by atoms with Crippen LogP contribution in [0.4, 0.5) is 0 Å². The number of nitrogens with zero attached hydrogens (tertiary/aromatic N) is 5. The van der Waals surface area contributed by atoms with Gasteiger partial charge in [0.1, 0.15) is 12.1 Å². The largest absolute Gasteiger partial charge is 0.473 e. The molecule has 136 valence electrons. The lowest BCUT2D eigenvalue weighted by molar-refractivity contribution is 0.0422. The first-order valence-corrected chi connectivity index (χ1v) is 8.59. The van der Waals surface area contributed by atoms with E-state index in [1.807, 2.05) is 82.8 Å². The van der Waals surface area contributed by atoms with Gasteiger partial charge in [0.05, 0.1) is 11.3 Å². The lowest BCUT2D eigenvalue weighted by Crippen LogP contribution is -2.41. The molecule has 0 bridgehead atoms. The molecule has 0 saturated carbocycles. The van der Waals surface area contributed by atoms with E-state index in [-0.39, 0.29) is 6.23 Å². The Balaban J connectivity index is 1.89. The molecule has 2 aromatic carbocycles. The molecule has 0 N–H and O–H groups in total. The van der Waals surface area contributed by atoms with E-state index in [1.54, 1.807) is 11.0 Å². The van der Waals surface area contributed by atoms with Crippen LogP contribution in [0.15, 0.2) is 60.9 Å². The van der Waals surface area contributed by atoms with Crippen LogP contribution in [-0.2, 0) is 0 Å². The Morgan fingerprint density at radius 1 is 0.962 bits per heavy atom. The third-order valence-electron chi connectivity index (χ3n) is 4.00. The second-order valence-electron chi connectivity index (χ2n) is 6.64. The van der Waals surface area contributed by atoms with Gasteiger partial charge in [0.15, 0.2) is 12.1 Å². The van der Waals surface area contributed by atoms with Crippen molar-refractivity contribution in [2.24, 2.45) is 0 Å². The summed E-state index contributed by atoms with van der Waals surface area (Å²) in [6, 6.07) is 17.8. The molecule has 0 aliphatic carbocycles. The highest BCUT2D eigenvalue weighted by Gasteiger charge is 2.18. The van der Waals surface area contributed by atoms with Crippen LogP contribution in [0.25, 0.3) is 17.1 Å². The van der Waals surface area contributed by atoms with Crippen LogP contribution in [0.1, 0.15) is 0 Å². The molecule has 1 unspecified atom stereocenters. The zero-order chi connectivity index (χ0) is 18.5. The maximum atomic E-state index is 6.28. The molecule has 3 rings (SSSR count). The van der Waals surface area contributed by atoms with Gasteiger partial charge in [-0.15, -0.1) is 5.10 Å². The molecule has 3 aromatic rings. The fourth-order valence-corrected chi connectivity index (χ4v) is 2.61. The summed E-state index contributed by atoms with van der Waals surface area (Å²) in [5.41, 5.74) is 1.86. The quantitative estimate of drug-likeness (QED) is 0.613. The summed E-state index contributed by atoms with van der Waals surface area (Å²) in [6.45, 7) is 0.785. The van der Waals surface area contributed by atoms with Crippen molar-refractivity contribution in [1.29, 1.82) is 0 Å². The number of para-hydroxylation sites is 2. The van der Waals surface area contributed by atoms with Gasteiger partial charge in [0.2, 0.25) is 0 Å². The van der Waals surface area contributed by atoms with E-state index in [4.69, 9.17) is 4.74 Å². The zero-order valence-electron chi connectivity index (χ0n) is 15.7. The van der Waals surface area contributed by atoms with Gasteiger partial charge in [0, 0.05) is 6.54 Å². The Morgan fingerprint density at radius 2 is 1.65 bits per heavy atom. The summed E-state index contributed by atoms with van der Waals surface area (Å²) < 4.78 is 8.06. The van der Waals surface area contributed by atoms with Crippen molar-refractivity contribution in [2.75, 3.05) is 34.7 Å². The van der Waals surface area contributed by atoms with Crippen LogP contribution in [0, 0.1) is 0 Å². The molecule has 26 heavy (non-hydrogen) atoms. The average Bonchev–Trinajstić information content (AvgIpc) is 3.12. The summed E-state index contributed by atoms with van der Waals surface area (Å²) in [5, 5.41) is 4.63. The van der Waals surface area contributed by atoms with E-state index in [1.165, 1.54) is 0 Å². The van der Waals surface area contributed by atoms with Gasteiger partial charge < -0.3 is 9.64 Å². The van der Waals surface area contributed by atoms with Crippen LogP contribution in [0.2, 0.25) is 0 Å². The molecular weight excluding hydrogens is 326 g/mol. The molecule has 0 aliphatic heterocycles. The van der Waals surface area contributed by atoms with Gasteiger partial charge in [-0.25, -0.2) is 9.67 Å². The van der Waals surface area contributed by atoms with Crippen LogP contribution in [0.5, 0.6) is 5.75 Å². The predicted octanol–water partition coefficient (Wildman–Crippen LogP) is 2.76. The Kier molecular flexibility index (Phi) is 5.65. The highest BCUT2D eigenvalue weighted by atomic mass is 16.5. The summed E-state index contributed by atoms with van der Waals surface area (Å²) in [7, 11) is 8.10. The smallest absolute Gasteiger partial charge is 0.185 e. The zero-order valence-corrected chi connectivity index (χ0v) is 15.7. The second-order valence-corrected chi connectivity index (χ2v) is 6.64. The first-order valence-electron chi connectivity index (χ1n) is 8.59. The predicted molar refractivity (Wildman–Crippen MR) is 103 cm³/mol. The molecule has 0 saturated heterocycles. The molecule has 1 heterocycles. The third-order valence-corrected chi connectivity index (χ3v) is 4.00. The van der Waals surface area contributed by atoms with E-state index >= 15 is 0 Å². The Bertz CT molecular complexity index is 829. The van der Waals surface area contributed by atoms with Crippen molar-refractivity contribution in [3.8, 4) is 22.8 Å². The van der Waals surface area contributed by atoms with Crippen molar-refractivity contribution in [3.05, 3.63) is 60.9 Å². The van der Waals surface area contributed by atoms with E-state index in [2.05, 4.69) is 19.9 Å². The molecule has 0 fully saturated rings. The molecule has 0 spiro atoms. The molecule has 6 nitrogen and oxygen atoms in total. The average molecular weight is 351 g/mol. The van der Waals surface area contributed by atoms with Crippen molar-refractivity contribution in [3.63, 3.8) is 0 Å². The summed E-state index contributed by atoms with van der Waals surface area (Å²) in [4.78, 5) is 8.65. The number of aromatic nitrogens is 3. The van der Waals surface area contributed by atoms with Gasteiger partial charge >= 0.3 is 0 Å². The molecule has 6 heteroatoms. The Morgan fingerprint density at radius 3 is 2.35 bits per heavy atom. The van der Waals surface area contributed by atoms with Gasteiger partial charge in [0.25, 0.3) is 0 Å². The van der Waals surface area contributed by atoms with E-state index in [0.717, 1.165) is 23.5 Å². The molecular formula is C20H25N5O. The third kappa shape index (κ3) is 4.28. The number of likely N-dealkylation sites (N-methyl/N-ethyl adjacent to an activating group) is 2. The first-order chi connectivity index (χ1) is 12.5. The first kappa shape index (κ1) is 18.1. The van der Waals surface area contributed by atoms with Crippen molar-refractivity contribution < 1.29 is 4.74 Å². The van der Waals surface area contributed by atoms with E-state index in [0.29, 0.717) is 5.82 Å². The Hall–Kier alpha value is -2.70. The number of ether oxygens (including phenoxy) is 1. The van der Waals surface area contributed by atoms with Gasteiger partial charge in [-0.05, 0) is 52.5 Å². The minimum Gasteiger partial charge on any atom is -0.473 e. The van der Waals surface area contributed by atoms with E-state index < -0.39 is 0 Å². The molecule has 0 amide bonds. The van der Waals surface area contributed by atoms with Crippen LogP contribution < -0.4 is 4.74 Å². The standard InChI is InChI=1S/C20H25N5O/c1-23(2)14-19(24(3)4)26-18-13-9-8-12-17(18)20-21-15-25(22-20)16-10-6-5-7-11-16/h5-13,15,19H,14H2,1-4H3. The maximum Gasteiger partial charge on any atom is 0.185 e. The normalized spacial score (nSPS) is 12.5. The minimum atomic E-state index is -0.0673. The number of rotatable bonds is 7. The Labute approximate surface area is 154 Å². The molecule has 1 aromatic heterocycles. The van der Waals surface area contributed by atoms with Crippen LogP contribution in [-0.4, -0.2) is 65.5 Å². The second kappa shape index (κ2) is 8.12. The highest BCUT2D eigenvalue weighted by molar-refractivity contribution is 5.63. The van der Waals surface area contributed by atoms with Gasteiger partial charge in [-0.3, -0.25) is 4.90 Å². The van der Waals surface area contributed by atoms with Gasteiger partial charge in [-0.1, -0.05) is 30.3 Å². The van der Waals surface area contributed by atoms with Crippen molar-refractivity contribution in [2.45, 2.75) is 6.23 Å². The lowest BCUT2D eigenvalue weighted by atomic mass is 10.2. The van der Waals surface area contributed by atoms with Crippen LogP contribution >= 0.6 is 0 Å². The molecule has 0 radical (unpaired) electrons. The monoisotopic (exact) mass is 351 g/mol. The number of benzene rings is 2. The summed E-state index contributed by atoms with van der Waals surface area (Å²) >= 11 is 0. The topological polar surface area (TPSA) is 46.4 Å². The van der Waals surface area contributed by atoms with Gasteiger partial charge in [-0.2, -0.15) is 0 Å². The highest BCUT2D eigenvalue weighted by Crippen LogP contribution is 2.28. The lowest BCUT2D eigenvalue weighted by Gasteiger charge is -2.28. The summed E-state index contributed by atoms with van der Waals surface area (Å²) in [5.74, 6) is 1.42. The summed E-state index contributed by atoms with van der Waals surface area (Å²) in [6.07, 6.45) is 1.66. The number of hydrogen-bond acceptors (Lipinski definition) is 5. The minimum absolute atomic E-state index is 0.0673. The molecule has 0 aliphatic rings. The van der Waals surface area contributed by atoms with Crippen LogP contribution in [0.3, 0.4) is 0 Å². The maximum absolute atomic E-state index is 6.28.